The molecule has 0 aromatic carbocycles. The second kappa shape index (κ2) is 101. The van der Waals surface area contributed by atoms with Crippen molar-refractivity contribution in [1.29, 1.82) is 0 Å². The molecule has 0 fully saturated rings. The van der Waals surface area contributed by atoms with Gasteiger partial charge in [-0.15, -0.1) is 0 Å². The molecule has 5 nitrogen and oxygen atoms in total. The van der Waals surface area contributed by atoms with Crippen LogP contribution in [0.4, 0.5) is 0 Å². The van der Waals surface area contributed by atoms with Crippen molar-refractivity contribution in [3.8, 4) is 0 Å². The molecule has 0 bridgehead atoms. The van der Waals surface area contributed by atoms with Crippen molar-refractivity contribution in [3.63, 3.8) is 0 Å². The molecule has 8 heteroatoms. The fraction of sp³-hybridized carbons (Fsp3) is 0. The summed E-state index contributed by atoms with van der Waals surface area (Å²) >= 11 is 0. The summed E-state index contributed by atoms with van der Waals surface area (Å²) in [6.07, 6.45) is 0. The van der Waals surface area contributed by atoms with Crippen molar-refractivity contribution in [1.82, 2.24) is 0 Å². The van der Waals surface area contributed by atoms with Crippen LogP contribution in [-0.2, 0) is 48.4 Å². The Labute approximate surface area is 112 Å². The van der Waals surface area contributed by atoms with Crippen molar-refractivity contribution in [2.75, 3.05) is 0 Å². The third-order valence-electron chi connectivity index (χ3n) is 0. The van der Waals surface area contributed by atoms with E-state index in [0.29, 0.717) is 0 Å². The first-order valence-electron chi connectivity index (χ1n) is 0. The zero-order chi connectivity index (χ0) is 0. The maximum Gasteiger partial charge on any atom is 3.00 e. The summed E-state index contributed by atoms with van der Waals surface area (Å²) in [6.45, 7) is 0. The van der Waals surface area contributed by atoms with Gasteiger partial charge in [0, 0.05) is 21.1 Å². The molecule has 0 saturated heterocycles. The molecule has 0 rings (SSSR count). The Morgan fingerprint density at radius 2 is 0.500 bits per heavy atom. The predicted molar refractivity (Wildman–Crippen MR) is 3.43 cm³/mol. The normalized spacial score (nSPS) is 0. The summed E-state index contributed by atoms with van der Waals surface area (Å²) in [4.78, 5) is 0. The van der Waals surface area contributed by atoms with Gasteiger partial charge in [-0.05, 0) is 0 Å². The Bertz CT molecular complexity index is 12.4. The van der Waals surface area contributed by atoms with Gasteiger partial charge in [0.2, 0.25) is 0 Å². The molecule has 0 atom stereocenters. The van der Waals surface area contributed by atoms with Crippen LogP contribution in [-0.4, -0.2) is 0 Å². The first kappa shape index (κ1) is 139. The summed E-state index contributed by atoms with van der Waals surface area (Å²) in [5.74, 6) is 0. The van der Waals surface area contributed by atoms with E-state index in [0.717, 1.165) is 0 Å². The van der Waals surface area contributed by atoms with Crippen LogP contribution >= 0.6 is 0 Å². The van der Waals surface area contributed by atoms with Crippen LogP contribution in [0.5, 0.6) is 0 Å². The van der Waals surface area contributed by atoms with E-state index in [1.54, 1.807) is 0 Å². The fourth-order valence-electron chi connectivity index (χ4n) is 0. The second-order valence-corrected chi connectivity index (χ2v) is 0. The smallest absolute Gasteiger partial charge is 2.00 e. The first-order valence-corrected chi connectivity index (χ1v) is 0. The van der Waals surface area contributed by atoms with Gasteiger partial charge < -0.3 is 27.4 Å². The van der Waals surface area contributed by atoms with Gasteiger partial charge in [-0.25, -0.2) is 0 Å². The predicted octanol–water partition coefficient (Wildman–Crippen LogP) is -3.59. The molecular formula is LaMoNaO5-6. The molecule has 0 aliphatic rings. The average molecular weight is 338 g/mol. The molecule has 0 aliphatic carbocycles. The molecule has 8 heavy (non-hydrogen) atoms. The Hall–Kier alpha value is 2.68. The summed E-state index contributed by atoms with van der Waals surface area (Å²) in [5.41, 5.74) is 0. The molecular weight excluding hydrogens is 338 g/mol. The van der Waals surface area contributed by atoms with Gasteiger partial charge in [0.25, 0.3) is 0 Å². The zero-order valence-corrected chi connectivity index (χ0v) is 11.7. The van der Waals surface area contributed by atoms with Crippen LogP contribution < -0.4 is 29.6 Å². The van der Waals surface area contributed by atoms with Gasteiger partial charge in [-0.2, -0.15) is 0 Å². The van der Waals surface area contributed by atoms with E-state index in [1.807, 2.05) is 0 Å². The summed E-state index contributed by atoms with van der Waals surface area (Å²) in [5, 5.41) is 0. The van der Waals surface area contributed by atoms with Gasteiger partial charge in [0.05, 0.1) is 0 Å². The number of hydrogen-bond acceptors (Lipinski definition) is 0. The fourth-order valence-corrected chi connectivity index (χ4v) is 0. The van der Waals surface area contributed by atoms with Crippen LogP contribution in [0.2, 0.25) is 0 Å². The molecule has 0 saturated carbocycles. The molecule has 0 N–H and O–H groups in total. The topological polar surface area (TPSA) is 142 Å². The second-order valence-electron chi connectivity index (χ2n) is 0. The van der Waals surface area contributed by atoms with Crippen LogP contribution in [0.3, 0.4) is 0 Å². The Morgan fingerprint density at radius 3 is 0.500 bits per heavy atom. The van der Waals surface area contributed by atoms with Crippen molar-refractivity contribution in [3.05, 3.63) is 0 Å². The quantitative estimate of drug-likeness (QED) is 0.403. The van der Waals surface area contributed by atoms with Gasteiger partial charge in [0.15, 0.2) is 0 Å². The van der Waals surface area contributed by atoms with Crippen molar-refractivity contribution >= 4 is 0 Å². The third-order valence-corrected chi connectivity index (χ3v) is 0. The van der Waals surface area contributed by atoms with Crippen LogP contribution in [0.15, 0.2) is 0 Å². The van der Waals surface area contributed by atoms with E-state index < -0.39 is 0 Å². The molecule has 0 aliphatic heterocycles. The minimum absolute atomic E-state index is 0. The number of hydrogen-bond donors (Lipinski definition) is 0. The van der Waals surface area contributed by atoms with Crippen molar-refractivity contribution in [2.45, 2.75) is 0 Å². The van der Waals surface area contributed by atoms with E-state index in [-0.39, 0.29) is 114 Å². The molecule has 0 unspecified atom stereocenters. The third kappa shape index (κ3) is 71.2. The van der Waals surface area contributed by atoms with Gasteiger partial charge in [-0.3, -0.25) is 0 Å². The molecule has 0 aromatic heterocycles. The SMILES string of the molecule is [La+3].[Mo].[Na+].[O-2].[O-2].[O-2].[O-2].[O-2]. The molecule has 0 heterocycles. The largest absolute Gasteiger partial charge is 3.00 e. The van der Waals surface area contributed by atoms with E-state index >= 15 is 0 Å². The van der Waals surface area contributed by atoms with Crippen LogP contribution in [0, 0.1) is 35.6 Å². The Balaban J connectivity index is 0. The van der Waals surface area contributed by atoms with E-state index in [4.69, 9.17) is 0 Å². The summed E-state index contributed by atoms with van der Waals surface area (Å²) < 4.78 is 0. The summed E-state index contributed by atoms with van der Waals surface area (Å²) in [6, 6.07) is 0. The monoisotopic (exact) mass is 340 g/mol. The van der Waals surface area contributed by atoms with E-state index in [2.05, 4.69) is 0 Å². The number of rotatable bonds is 0. The maximum atomic E-state index is 0. The Kier molecular flexibility index (Phi) is 1760. The Morgan fingerprint density at radius 1 is 0.500 bits per heavy atom. The van der Waals surface area contributed by atoms with Crippen LogP contribution in [0.25, 0.3) is 0 Å². The van der Waals surface area contributed by atoms with Crippen molar-refractivity contribution in [2.24, 2.45) is 0 Å². The van der Waals surface area contributed by atoms with Gasteiger partial charge in [-0.1, -0.05) is 0 Å². The van der Waals surface area contributed by atoms with E-state index in [9.17, 15) is 0 Å². The van der Waals surface area contributed by atoms with Crippen LogP contribution in [0.1, 0.15) is 0 Å². The molecule has 0 amide bonds. The summed E-state index contributed by atoms with van der Waals surface area (Å²) in [7, 11) is 0. The molecule has 0 spiro atoms. The molecule has 0 radical (unpaired) electrons. The van der Waals surface area contributed by atoms with Crippen molar-refractivity contribution < 1.29 is 114 Å². The maximum absolute atomic E-state index is 0. The minimum atomic E-state index is 0. The molecule has 46 valence electrons. The average Bonchev–Trinajstić information content (AvgIpc) is 0. The van der Waals surface area contributed by atoms with Gasteiger partial charge >= 0.3 is 65.2 Å². The molecule has 0 aromatic rings. The first-order chi connectivity index (χ1) is 0. The minimum Gasteiger partial charge on any atom is -2.00 e. The standard InChI is InChI=1S/La.Mo.Na.5O/q+3;;+1;5*-2. The van der Waals surface area contributed by atoms with Gasteiger partial charge in [0.1, 0.15) is 0 Å². The van der Waals surface area contributed by atoms with E-state index in [1.165, 1.54) is 0 Å². The zero-order valence-electron chi connectivity index (χ0n) is 4.03.